The van der Waals surface area contributed by atoms with Gasteiger partial charge in [-0.25, -0.2) is 4.79 Å². The number of aryl methyl sites for hydroxylation is 1. The maximum atomic E-state index is 12.4. The molecule has 4 heteroatoms. The van der Waals surface area contributed by atoms with Crippen LogP contribution in [0.2, 0.25) is 0 Å². The van der Waals surface area contributed by atoms with Crippen molar-refractivity contribution in [1.82, 2.24) is 4.98 Å². The number of anilines is 1. The van der Waals surface area contributed by atoms with E-state index in [9.17, 15) is 4.79 Å². The molecule has 1 unspecified atom stereocenters. The molecule has 116 valence electrons. The fourth-order valence-electron chi connectivity index (χ4n) is 2.80. The number of cyclic esters (lactones) is 1. The molecule has 0 saturated carbocycles. The van der Waals surface area contributed by atoms with Crippen LogP contribution in [0.25, 0.3) is 0 Å². The van der Waals surface area contributed by atoms with Crippen LogP contribution in [0.15, 0.2) is 54.8 Å². The first-order chi connectivity index (χ1) is 10.4. The van der Waals surface area contributed by atoms with Crippen molar-refractivity contribution in [2.45, 2.75) is 39.3 Å². The first-order valence-electron chi connectivity index (χ1n) is 7.31. The second kappa shape index (κ2) is 6.18. The molecule has 0 N–H and O–H groups in total. The molecule has 1 aliphatic rings. The van der Waals surface area contributed by atoms with Crippen molar-refractivity contribution in [1.29, 1.82) is 0 Å². The van der Waals surface area contributed by atoms with Crippen LogP contribution in [-0.4, -0.2) is 22.7 Å². The molecule has 4 nitrogen and oxygen atoms in total. The zero-order valence-corrected chi connectivity index (χ0v) is 13.5. The summed E-state index contributed by atoms with van der Waals surface area (Å²) >= 11 is 0. The summed E-state index contributed by atoms with van der Waals surface area (Å²) in [4.78, 5) is 18.3. The number of nitrogens with zero attached hydrogens (tertiary/aromatic N) is 2. The second-order valence-electron chi connectivity index (χ2n) is 5.80. The van der Waals surface area contributed by atoms with E-state index in [0.29, 0.717) is 0 Å². The maximum absolute atomic E-state index is 12.4. The highest BCUT2D eigenvalue weighted by atomic mass is 16.6. The van der Waals surface area contributed by atoms with E-state index in [-0.39, 0.29) is 12.1 Å². The lowest BCUT2D eigenvalue weighted by Gasteiger charge is -2.30. The first kappa shape index (κ1) is 16.0. The Morgan fingerprint density at radius 2 is 2.23 bits per heavy atom. The minimum absolute atomic E-state index is 0.226. The molecular formula is C18H22N2O2. The Labute approximate surface area is 131 Å². The summed E-state index contributed by atoms with van der Waals surface area (Å²) in [5.74, 6) is 0. The van der Waals surface area contributed by atoms with Crippen molar-refractivity contribution in [3.8, 4) is 0 Å². The molecule has 1 aromatic heterocycles. The van der Waals surface area contributed by atoms with Gasteiger partial charge in [0, 0.05) is 11.9 Å². The first-order valence-corrected chi connectivity index (χ1v) is 7.31. The Hall–Kier alpha value is -2.36. The molecule has 22 heavy (non-hydrogen) atoms. The lowest BCUT2D eigenvalue weighted by Crippen LogP contribution is -2.43. The molecule has 1 aliphatic heterocycles. The Kier molecular flexibility index (Phi) is 4.50. The minimum atomic E-state index is -0.636. The number of pyridine rings is 1. The number of aromatic nitrogens is 1. The van der Waals surface area contributed by atoms with Crippen molar-refractivity contribution < 1.29 is 9.53 Å². The predicted octanol–water partition coefficient (Wildman–Crippen LogP) is 4.18. The second-order valence-corrected chi connectivity index (χ2v) is 5.80. The third kappa shape index (κ3) is 2.96. The highest BCUT2D eigenvalue weighted by Crippen LogP contribution is 2.38. The lowest BCUT2D eigenvalue weighted by atomic mass is 9.90. The zero-order valence-electron chi connectivity index (χ0n) is 13.5. The minimum Gasteiger partial charge on any atom is -0.441 e. The van der Waals surface area contributed by atoms with Gasteiger partial charge in [0.15, 0.2) is 0 Å². The summed E-state index contributed by atoms with van der Waals surface area (Å²) in [5.41, 5.74) is 1.98. The van der Waals surface area contributed by atoms with E-state index >= 15 is 0 Å². The third-order valence-electron chi connectivity index (χ3n) is 3.61. The van der Waals surface area contributed by atoms with Crippen LogP contribution in [0.1, 0.15) is 26.5 Å². The van der Waals surface area contributed by atoms with E-state index in [1.807, 2.05) is 58.1 Å². The highest BCUT2D eigenvalue weighted by molar-refractivity contribution is 5.92. The number of rotatable bonds is 4. The fourth-order valence-corrected chi connectivity index (χ4v) is 2.80. The van der Waals surface area contributed by atoms with E-state index < -0.39 is 5.60 Å². The third-order valence-corrected chi connectivity index (χ3v) is 3.61. The lowest BCUT2D eigenvalue weighted by molar-refractivity contribution is 0.0752. The van der Waals surface area contributed by atoms with Crippen molar-refractivity contribution in [2.75, 3.05) is 4.90 Å². The van der Waals surface area contributed by atoms with Gasteiger partial charge in [-0.05, 0) is 45.4 Å². The van der Waals surface area contributed by atoms with Gasteiger partial charge in [-0.15, -0.1) is 0 Å². The number of hydrogen-bond donors (Lipinski definition) is 0. The van der Waals surface area contributed by atoms with Gasteiger partial charge in [0.1, 0.15) is 11.6 Å². The van der Waals surface area contributed by atoms with Gasteiger partial charge in [-0.1, -0.05) is 30.9 Å². The number of amides is 1. The van der Waals surface area contributed by atoms with Gasteiger partial charge in [0.05, 0.1) is 5.69 Å². The molecular weight excluding hydrogens is 276 g/mol. The van der Waals surface area contributed by atoms with Crippen LogP contribution in [0.4, 0.5) is 10.5 Å². The molecule has 2 heterocycles. The van der Waals surface area contributed by atoms with Crippen LogP contribution in [0.5, 0.6) is 0 Å². The molecule has 1 atom stereocenters. The van der Waals surface area contributed by atoms with Crippen LogP contribution in [0, 0.1) is 6.92 Å². The van der Waals surface area contributed by atoms with Crippen molar-refractivity contribution >= 4 is 11.8 Å². The van der Waals surface area contributed by atoms with Crippen molar-refractivity contribution in [3.05, 3.63) is 60.5 Å². The van der Waals surface area contributed by atoms with E-state index in [0.717, 1.165) is 17.0 Å². The predicted molar refractivity (Wildman–Crippen MR) is 88.9 cm³/mol. The summed E-state index contributed by atoms with van der Waals surface area (Å²) in [6.45, 7) is 11.5. The summed E-state index contributed by atoms with van der Waals surface area (Å²) < 4.78 is 5.60. The zero-order chi connectivity index (χ0) is 16.3. The molecule has 1 saturated heterocycles. The molecule has 1 fully saturated rings. The van der Waals surface area contributed by atoms with Crippen molar-refractivity contribution in [3.63, 3.8) is 0 Å². The normalized spacial score (nSPS) is 21.3. The van der Waals surface area contributed by atoms with Crippen molar-refractivity contribution in [2.24, 2.45) is 0 Å². The molecule has 0 bridgehead atoms. The number of hydrogen-bond acceptors (Lipinski definition) is 3. The maximum Gasteiger partial charge on any atom is 0.415 e. The number of carbonyl (C=O) groups is 1. The molecule has 2 rings (SSSR count). The average Bonchev–Trinajstić information content (AvgIpc) is 2.67. The summed E-state index contributed by atoms with van der Waals surface area (Å²) in [5, 5.41) is 0. The standard InChI is InChI=1S/C18H22N2O2/c1-6-8-14(9-7-2)16-18(4,5)22-17(21)20(16)15-10-11-19-13(3)12-15/h6-12,16H,1H2,2-5H3/b9-7-,14-8+. The Morgan fingerprint density at radius 1 is 1.50 bits per heavy atom. The van der Waals surface area contributed by atoms with E-state index in [1.165, 1.54) is 0 Å². The number of ether oxygens (including phenoxy) is 1. The summed E-state index contributed by atoms with van der Waals surface area (Å²) in [7, 11) is 0. The largest absolute Gasteiger partial charge is 0.441 e. The monoisotopic (exact) mass is 298 g/mol. The molecule has 0 radical (unpaired) electrons. The smallest absolute Gasteiger partial charge is 0.415 e. The SMILES string of the molecule is C=C/C=C(\C=C/C)C1N(c2ccnc(C)c2)C(=O)OC1(C)C. The van der Waals surface area contributed by atoms with Crippen LogP contribution in [0.3, 0.4) is 0 Å². The summed E-state index contributed by atoms with van der Waals surface area (Å²) in [6, 6.07) is 3.48. The van der Waals surface area contributed by atoms with Crippen LogP contribution >= 0.6 is 0 Å². The van der Waals surface area contributed by atoms with Gasteiger partial charge in [-0.2, -0.15) is 0 Å². The van der Waals surface area contributed by atoms with Gasteiger partial charge in [0.2, 0.25) is 0 Å². The van der Waals surface area contributed by atoms with Gasteiger partial charge < -0.3 is 4.74 Å². The fraction of sp³-hybridized carbons (Fsp3) is 0.333. The number of carbonyl (C=O) groups excluding carboxylic acids is 1. The topological polar surface area (TPSA) is 42.4 Å². The average molecular weight is 298 g/mol. The van der Waals surface area contributed by atoms with E-state index in [4.69, 9.17) is 4.74 Å². The Balaban J connectivity index is 2.56. The van der Waals surface area contributed by atoms with Gasteiger partial charge >= 0.3 is 6.09 Å². The van der Waals surface area contributed by atoms with Gasteiger partial charge in [-0.3, -0.25) is 9.88 Å². The Bertz CT molecular complexity index is 644. The van der Waals surface area contributed by atoms with E-state index in [2.05, 4.69) is 11.6 Å². The quantitative estimate of drug-likeness (QED) is 0.783. The van der Waals surface area contributed by atoms with Crippen LogP contribution in [-0.2, 0) is 4.74 Å². The molecule has 1 aromatic rings. The Morgan fingerprint density at radius 3 is 2.82 bits per heavy atom. The molecule has 0 aliphatic carbocycles. The summed E-state index contributed by atoms with van der Waals surface area (Å²) in [6.07, 6.45) is 8.92. The molecule has 0 spiro atoms. The van der Waals surface area contributed by atoms with Crippen LogP contribution < -0.4 is 4.90 Å². The van der Waals surface area contributed by atoms with Gasteiger partial charge in [0.25, 0.3) is 0 Å². The molecule has 1 amide bonds. The number of allylic oxidation sites excluding steroid dienone is 3. The molecule has 0 aromatic carbocycles. The highest BCUT2D eigenvalue weighted by Gasteiger charge is 2.49. The van der Waals surface area contributed by atoms with E-state index in [1.54, 1.807) is 17.2 Å².